The van der Waals surface area contributed by atoms with Crippen LogP contribution in [-0.2, 0) is 11.2 Å². The fourth-order valence-electron chi connectivity index (χ4n) is 6.79. The summed E-state index contributed by atoms with van der Waals surface area (Å²) in [6.07, 6.45) is 9.69. The lowest BCUT2D eigenvalue weighted by atomic mass is 9.74. The third-order valence-corrected chi connectivity index (χ3v) is 8.85. The van der Waals surface area contributed by atoms with Crippen LogP contribution in [0.5, 0.6) is 5.75 Å². The predicted octanol–water partition coefficient (Wildman–Crippen LogP) is 4.49. The van der Waals surface area contributed by atoms with Gasteiger partial charge in [-0.1, -0.05) is 42.5 Å². The molecule has 4 N–H and O–H groups in total. The molecule has 1 saturated heterocycles. The highest BCUT2D eigenvalue weighted by atomic mass is 16.5. The fraction of sp³-hybridized carbons (Fsp3) is 0.387. The second-order valence-electron chi connectivity index (χ2n) is 11.3. The number of benzene rings is 2. The first-order valence-electron chi connectivity index (χ1n) is 14.1. The zero-order valence-corrected chi connectivity index (χ0v) is 22.0. The van der Waals surface area contributed by atoms with E-state index >= 15 is 0 Å². The Balaban J connectivity index is 1.16. The highest BCUT2D eigenvalue weighted by Gasteiger charge is 2.38. The van der Waals surface area contributed by atoms with Crippen molar-refractivity contribution in [3.63, 3.8) is 0 Å². The van der Waals surface area contributed by atoms with Gasteiger partial charge in [0, 0.05) is 30.4 Å². The molecule has 0 spiro atoms. The topological polar surface area (TPSA) is 112 Å². The Kier molecular flexibility index (Phi) is 6.00. The highest BCUT2D eigenvalue weighted by Crippen LogP contribution is 2.45. The number of anilines is 1. The number of hydrogen-bond acceptors (Lipinski definition) is 6. The van der Waals surface area contributed by atoms with E-state index in [4.69, 9.17) is 21.2 Å². The van der Waals surface area contributed by atoms with E-state index in [0.717, 1.165) is 80.0 Å². The molecule has 1 amide bonds. The third-order valence-electron chi connectivity index (χ3n) is 8.85. The summed E-state index contributed by atoms with van der Waals surface area (Å²) >= 11 is 0. The molecule has 3 aliphatic rings. The summed E-state index contributed by atoms with van der Waals surface area (Å²) in [6, 6.07) is 16.7. The van der Waals surface area contributed by atoms with Gasteiger partial charge in [-0.3, -0.25) is 14.1 Å². The van der Waals surface area contributed by atoms with Crippen LogP contribution in [0.1, 0.15) is 61.1 Å². The van der Waals surface area contributed by atoms with Crippen LogP contribution in [0.15, 0.2) is 60.9 Å². The molecule has 8 heteroatoms. The molecule has 0 bridgehead atoms. The lowest BCUT2D eigenvalue weighted by Crippen LogP contribution is -2.44. The molecular weight excluding hydrogens is 488 g/mol. The Labute approximate surface area is 228 Å². The first kappa shape index (κ1) is 24.2. The standard InChI is InChI=1S/C31H34N6O2/c32-29-28-27(22-9-8-21-10-11-25(39-26(21)17-22)20-5-2-1-3-6-20)35-31(37(28)14-12-34-29)23-15-19(16-23)18-36-13-4-7-24(36)30(33)38/h1-3,5-6,8-9,12,14,17,19,23-25H,4,7,10-11,13,15-16,18H2,(H2,32,34)(H2,33,38)/t19-,23+,24-,25-/m0/s1. The second kappa shape index (κ2) is 9.68. The minimum atomic E-state index is -0.195. The van der Waals surface area contributed by atoms with Gasteiger partial charge in [-0.15, -0.1) is 0 Å². The monoisotopic (exact) mass is 522 g/mol. The number of ether oxygens (including phenoxy) is 1. The zero-order valence-electron chi connectivity index (χ0n) is 22.0. The number of carbonyl (C=O) groups excluding carboxylic acids is 1. The summed E-state index contributed by atoms with van der Waals surface area (Å²) in [5.74, 6) is 3.10. The molecular formula is C31H34N6O2. The third kappa shape index (κ3) is 4.33. The van der Waals surface area contributed by atoms with Crippen molar-refractivity contribution >= 4 is 17.2 Å². The number of nitrogens with two attached hydrogens (primary N) is 2. The molecule has 7 rings (SSSR count). The van der Waals surface area contributed by atoms with Crippen molar-refractivity contribution in [1.29, 1.82) is 0 Å². The number of fused-ring (bicyclic) bond motifs is 2. The van der Waals surface area contributed by atoms with Gasteiger partial charge in [0.15, 0.2) is 0 Å². The number of likely N-dealkylation sites (tertiary alicyclic amines) is 1. The van der Waals surface area contributed by atoms with E-state index in [-0.39, 0.29) is 18.1 Å². The number of rotatable bonds is 6. The number of primary amides is 1. The number of imidazole rings is 1. The number of carbonyl (C=O) groups is 1. The first-order chi connectivity index (χ1) is 19.0. The normalized spacial score (nSPS) is 24.7. The number of nitrogens with zero attached hydrogens (tertiary/aromatic N) is 4. The summed E-state index contributed by atoms with van der Waals surface area (Å²) in [7, 11) is 0. The number of aromatic nitrogens is 3. The van der Waals surface area contributed by atoms with Crippen LogP contribution >= 0.6 is 0 Å². The van der Waals surface area contributed by atoms with E-state index in [1.807, 2.05) is 12.3 Å². The van der Waals surface area contributed by atoms with Crippen LogP contribution in [-0.4, -0.2) is 44.3 Å². The minimum absolute atomic E-state index is 0.0478. The molecule has 1 aliphatic carbocycles. The Morgan fingerprint density at radius 3 is 2.77 bits per heavy atom. The van der Waals surface area contributed by atoms with E-state index in [2.05, 4.69) is 56.7 Å². The molecule has 2 aromatic heterocycles. The largest absolute Gasteiger partial charge is 0.485 e. The molecule has 2 aromatic carbocycles. The molecule has 2 fully saturated rings. The summed E-state index contributed by atoms with van der Waals surface area (Å²) in [4.78, 5) is 23.7. The van der Waals surface area contributed by atoms with Gasteiger partial charge in [0.25, 0.3) is 0 Å². The van der Waals surface area contributed by atoms with Gasteiger partial charge in [-0.2, -0.15) is 0 Å². The van der Waals surface area contributed by atoms with E-state index in [9.17, 15) is 4.79 Å². The maximum atomic E-state index is 11.8. The molecule has 2 aliphatic heterocycles. The molecule has 8 nitrogen and oxygen atoms in total. The summed E-state index contributed by atoms with van der Waals surface area (Å²) in [5, 5.41) is 0. The molecule has 0 unspecified atom stereocenters. The molecule has 39 heavy (non-hydrogen) atoms. The lowest BCUT2D eigenvalue weighted by molar-refractivity contribution is -0.122. The van der Waals surface area contributed by atoms with Crippen LogP contribution in [0.3, 0.4) is 0 Å². The van der Waals surface area contributed by atoms with Crippen molar-refractivity contribution < 1.29 is 9.53 Å². The van der Waals surface area contributed by atoms with Gasteiger partial charge in [0.2, 0.25) is 5.91 Å². The van der Waals surface area contributed by atoms with Crippen molar-refractivity contribution in [2.45, 2.75) is 56.6 Å². The maximum Gasteiger partial charge on any atom is 0.234 e. The second-order valence-corrected chi connectivity index (χ2v) is 11.3. The molecule has 4 aromatic rings. The van der Waals surface area contributed by atoms with E-state index in [1.165, 1.54) is 11.1 Å². The molecule has 0 radical (unpaired) electrons. The average Bonchev–Trinajstić information content (AvgIpc) is 3.56. The maximum absolute atomic E-state index is 11.8. The van der Waals surface area contributed by atoms with Crippen LogP contribution in [0, 0.1) is 5.92 Å². The van der Waals surface area contributed by atoms with Gasteiger partial charge in [0.1, 0.15) is 34.7 Å². The number of nitrogen functional groups attached to an aromatic ring is 1. The highest BCUT2D eigenvalue weighted by molar-refractivity contribution is 5.86. The van der Waals surface area contributed by atoms with Crippen molar-refractivity contribution in [1.82, 2.24) is 19.3 Å². The minimum Gasteiger partial charge on any atom is -0.485 e. The van der Waals surface area contributed by atoms with E-state index in [0.29, 0.717) is 17.7 Å². The van der Waals surface area contributed by atoms with Gasteiger partial charge in [-0.05, 0) is 68.2 Å². The van der Waals surface area contributed by atoms with Crippen molar-refractivity contribution in [2.75, 3.05) is 18.8 Å². The quantitative estimate of drug-likeness (QED) is 0.386. The number of amides is 1. The van der Waals surface area contributed by atoms with Crippen LogP contribution < -0.4 is 16.2 Å². The smallest absolute Gasteiger partial charge is 0.234 e. The number of hydrogen-bond donors (Lipinski definition) is 2. The van der Waals surface area contributed by atoms with E-state index < -0.39 is 0 Å². The molecule has 4 heterocycles. The van der Waals surface area contributed by atoms with Crippen LogP contribution in [0.25, 0.3) is 16.8 Å². The summed E-state index contributed by atoms with van der Waals surface area (Å²) < 4.78 is 8.61. The Morgan fingerprint density at radius 2 is 1.95 bits per heavy atom. The summed E-state index contributed by atoms with van der Waals surface area (Å²) in [5.41, 5.74) is 17.2. The first-order valence-corrected chi connectivity index (χ1v) is 14.1. The van der Waals surface area contributed by atoms with Crippen LogP contribution in [0.4, 0.5) is 5.82 Å². The zero-order chi connectivity index (χ0) is 26.5. The van der Waals surface area contributed by atoms with Crippen LogP contribution in [0.2, 0.25) is 0 Å². The van der Waals surface area contributed by atoms with Crippen molar-refractivity contribution in [3.8, 4) is 17.0 Å². The fourth-order valence-corrected chi connectivity index (χ4v) is 6.79. The molecule has 1 saturated carbocycles. The number of aryl methyl sites for hydroxylation is 1. The lowest BCUT2D eigenvalue weighted by Gasteiger charge is -2.38. The SMILES string of the molecule is NC(=O)[C@@H]1CCCN1C[C@H]1C[C@@H](c2nc(-c3ccc4c(c3)O[C@H](c3ccccc3)CC4)c3c(N)nccn32)C1. The van der Waals surface area contributed by atoms with Gasteiger partial charge in [-0.25, -0.2) is 9.97 Å². The Hall–Kier alpha value is -3.91. The molecule has 200 valence electrons. The van der Waals surface area contributed by atoms with Gasteiger partial charge < -0.3 is 16.2 Å². The molecule has 2 atom stereocenters. The van der Waals surface area contributed by atoms with Crippen molar-refractivity contribution in [2.24, 2.45) is 11.7 Å². The van der Waals surface area contributed by atoms with Crippen molar-refractivity contribution in [3.05, 3.63) is 77.9 Å². The average molecular weight is 523 g/mol. The summed E-state index contributed by atoms with van der Waals surface area (Å²) in [6.45, 7) is 1.88. The predicted molar refractivity (Wildman–Crippen MR) is 150 cm³/mol. The Bertz CT molecular complexity index is 1530. The van der Waals surface area contributed by atoms with Gasteiger partial charge in [0.05, 0.1) is 6.04 Å². The Morgan fingerprint density at radius 1 is 1.10 bits per heavy atom. The van der Waals surface area contributed by atoms with Gasteiger partial charge >= 0.3 is 0 Å². The van der Waals surface area contributed by atoms with E-state index in [1.54, 1.807) is 6.20 Å².